The lowest BCUT2D eigenvalue weighted by molar-refractivity contribution is -0.167. The van der Waals surface area contributed by atoms with Crippen LogP contribution >= 0.6 is 0 Å². The number of ether oxygens (including phenoxy) is 1. The van der Waals surface area contributed by atoms with Crippen molar-refractivity contribution in [3.05, 3.63) is 0 Å². The van der Waals surface area contributed by atoms with Gasteiger partial charge in [-0.2, -0.15) is 0 Å². The topological polar surface area (TPSA) is 89.7 Å². The summed E-state index contributed by atoms with van der Waals surface area (Å²) < 4.78 is 5.24. The van der Waals surface area contributed by atoms with Gasteiger partial charge in [0.15, 0.2) is 11.3 Å². The van der Waals surface area contributed by atoms with Crippen molar-refractivity contribution in [1.82, 2.24) is 4.90 Å². The Morgan fingerprint density at radius 2 is 1.79 bits per heavy atom. The van der Waals surface area contributed by atoms with Gasteiger partial charge >= 0.3 is 5.97 Å². The summed E-state index contributed by atoms with van der Waals surface area (Å²) in [7, 11) is 0. The van der Waals surface area contributed by atoms with Crippen LogP contribution in [0.15, 0.2) is 0 Å². The van der Waals surface area contributed by atoms with Crippen molar-refractivity contribution in [1.29, 1.82) is 0 Å². The second-order valence-electron chi connectivity index (χ2n) is 7.02. The molecule has 0 radical (unpaired) electrons. The third-order valence-corrected chi connectivity index (χ3v) is 5.28. The van der Waals surface area contributed by atoms with E-state index in [0.29, 0.717) is 19.4 Å². The molecule has 1 heterocycles. The van der Waals surface area contributed by atoms with E-state index in [4.69, 9.17) is 10.5 Å². The van der Waals surface area contributed by atoms with E-state index in [1.807, 2.05) is 0 Å². The number of ketones is 1. The summed E-state index contributed by atoms with van der Waals surface area (Å²) in [6.07, 6.45) is 6.79. The van der Waals surface area contributed by atoms with Gasteiger partial charge in [0.2, 0.25) is 5.91 Å². The summed E-state index contributed by atoms with van der Waals surface area (Å²) in [6.45, 7) is 3.89. The Labute approximate surface area is 144 Å². The van der Waals surface area contributed by atoms with Gasteiger partial charge in [-0.25, -0.2) is 4.79 Å². The summed E-state index contributed by atoms with van der Waals surface area (Å²) in [5.41, 5.74) is 4.30. The summed E-state index contributed by atoms with van der Waals surface area (Å²) in [5, 5.41) is 0. The van der Waals surface area contributed by atoms with Crippen LogP contribution in [0.1, 0.15) is 65.2 Å². The molecule has 2 atom stereocenters. The summed E-state index contributed by atoms with van der Waals surface area (Å²) in [5.74, 6) is -1.22. The van der Waals surface area contributed by atoms with Gasteiger partial charge in [-0.15, -0.1) is 0 Å². The standard InChI is InChI=1S/C18H30N2O4/c1-3-24-17(23)18(11-8-12-20(18)16(22)13(2)19)15(21)14-9-6-4-5-7-10-14/h13-14H,3-12,19H2,1-2H3/t13-,18-/m0/s1. The average molecular weight is 338 g/mol. The highest BCUT2D eigenvalue weighted by Crippen LogP contribution is 2.38. The van der Waals surface area contributed by atoms with E-state index in [9.17, 15) is 14.4 Å². The number of hydrogen-bond donors (Lipinski definition) is 1. The smallest absolute Gasteiger partial charge is 0.339 e. The molecule has 0 unspecified atom stereocenters. The van der Waals surface area contributed by atoms with Crippen molar-refractivity contribution in [2.24, 2.45) is 11.7 Å². The van der Waals surface area contributed by atoms with Crippen LogP contribution in [0.25, 0.3) is 0 Å². The van der Waals surface area contributed by atoms with Crippen LogP contribution in [0.4, 0.5) is 0 Å². The van der Waals surface area contributed by atoms with Crippen molar-refractivity contribution < 1.29 is 19.1 Å². The molecule has 6 nitrogen and oxygen atoms in total. The van der Waals surface area contributed by atoms with Gasteiger partial charge in [0.05, 0.1) is 12.6 Å². The number of amides is 1. The zero-order valence-electron chi connectivity index (χ0n) is 14.9. The van der Waals surface area contributed by atoms with Gasteiger partial charge in [0, 0.05) is 12.5 Å². The largest absolute Gasteiger partial charge is 0.464 e. The number of hydrogen-bond acceptors (Lipinski definition) is 5. The van der Waals surface area contributed by atoms with Crippen molar-refractivity contribution in [2.45, 2.75) is 76.8 Å². The lowest BCUT2D eigenvalue weighted by Crippen LogP contribution is -2.63. The van der Waals surface area contributed by atoms with E-state index in [-0.39, 0.29) is 24.2 Å². The zero-order valence-corrected chi connectivity index (χ0v) is 14.9. The van der Waals surface area contributed by atoms with Crippen LogP contribution in [0, 0.1) is 5.92 Å². The predicted molar refractivity (Wildman–Crippen MR) is 90.2 cm³/mol. The van der Waals surface area contributed by atoms with E-state index < -0.39 is 17.6 Å². The maximum absolute atomic E-state index is 13.4. The number of carbonyl (C=O) groups excluding carboxylic acids is 3. The molecule has 24 heavy (non-hydrogen) atoms. The summed E-state index contributed by atoms with van der Waals surface area (Å²) in [4.78, 5) is 40.2. The van der Waals surface area contributed by atoms with Gasteiger partial charge in [-0.1, -0.05) is 25.7 Å². The van der Waals surface area contributed by atoms with Crippen LogP contribution < -0.4 is 5.73 Å². The number of nitrogens with two attached hydrogens (primary N) is 1. The fraction of sp³-hybridized carbons (Fsp3) is 0.833. The molecule has 1 amide bonds. The summed E-state index contributed by atoms with van der Waals surface area (Å²) >= 11 is 0. The van der Waals surface area contributed by atoms with E-state index >= 15 is 0 Å². The van der Waals surface area contributed by atoms with E-state index in [1.54, 1.807) is 13.8 Å². The highest BCUT2D eigenvalue weighted by Gasteiger charge is 2.58. The predicted octanol–water partition coefficient (Wildman–Crippen LogP) is 1.80. The molecule has 6 heteroatoms. The molecule has 1 saturated carbocycles. The van der Waals surface area contributed by atoms with Gasteiger partial charge in [0.1, 0.15) is 0 Å². The molecule has 0 spiro atoms. The Bertz CT molecular complexity index is 483. The summed E-state index contributed by atoms with van der Waals surface area (Å²) in [6, 6.07) is -0.737. The zero-order chi connectivity index (χ0) is 17.7. The van der Waals surface area contributed by atoms with Crippen LogP contribution in [0.2, 0.25) is 0 Å². The Morgan fingerprint density at radius 1 is 1.17 bits per heavy atom. The van der Waals surface area contributed by atoms with Crippen molar-refractivity contribution in [2.75, 3.05) is 13.2 Å². The Balaban J connectivity index is 2.37. The van der Waals surface area contributed by atoms with Crippen LogP contribution in [-0.2, 0) is 19.1 Å². The van der Waals surface area contributed by atoms with Gasteiger partial charge in [0.25, 0.3) is 0 Å². The molecule has 0 aromatic carbocycles. The van der Waals surface area contributed by atoms with Crippen LogP contribution in [0.5, 0.6) is 0 Å². The molecule has 0 aromatic heterocycles. The Hall–Kier alpha value is -1.43. The van der Waals surface area contributed by atoms with E-state index in [0.717, 1.165) is 38.5 Å². The van der Waals surface area contributed by atoms with Gasteiger partial charge < -0.3 is 15.4 Å². The molecule has 1 aliphatic carbocycles. The number of rotatable bonds is 5. The van der Waals surface area contributed by atoms with Gasteiger partial charge in [-0.3, -0.25) is 9.59 Å². The van der Waals surface area contributed by atoms with E-state index in [1.165, 1.54) is 4.90 Å². The minimum absolute atomic E-state index is 0.130. The fourth-order valence-corrected chi connectivity index (χ4v) is 4.06. The van der Waals surface area contributed by atoms with Crippen molar-refractivity contribution >= 4 is 17.7 Å². The maximum Gasteiger partial charge on any atom is 0.339 e. The average Bonchev–Trinajstić information content (AvgIpc) is 2.82. The number of likely N-dealkylation sites (tertiary alicyclic amines) is 1. The SMILES string of the molecule is CCOC(=O)[C@@]1(C(=O)C2CCCCCC2)CCCN1C(=O)[C@H](C)N. The number of carbonyl (C=O) groups is 3. The molecule has 1 saturated heterocycles. The second kappa shape index (κ2) is 8.10. The Kier molecular flexibility index (Phi) is 6.38. The molecule has 2 aliphatic rings. The number of esters is 1. The maximum atomic E-state index is 13.4. The Morgan fingerprint density at radius 3 is 2.33 bits per heavy atom. The first-order valence-corrected chi connectivity index (χ1v) is 9.23. The fourth-order valence-electron chi connectivity index (χ4n) is 4.06. The minimum atomic E-state index is -1.46. The molecule has 0 bridgehead atoms. The molecule has 0 aromatic rings. The quantitative estimate of drug-likeness (QED) is 0.469. The third-order valence-electron chi connectivity index (χ3n) is 5.28. The van der Waals surface area contributed by atoms with Crippen LogP contribution in [0.3, 0.4) is 0 Å². The molecule has 1 aliphatic heterocycles. The van der Waals surface area contributed by atoms with Gasteiger partial charge in [-0.05, 0) is 39.5 Å². The minimum Gasteiger partial charge on any atom is -0.464 e. The van der Waals surface area contributed by atoms with Crippen molar-refractivity contribution in [3.63, 3.8) is 0 Å². The normalized spacial score (nSPS) is 26.7. The monoisotopic (exact) mass is 338 g/mol. The molecule has 2 N–H and O–H groups in total. The van der Waals surface area contributed by atoms with E-state index in [2.05, 4.69) is 0 Å². The second-order valence-corrected chi connectivity index (χ2v) is 7.02. The first kappa shape index (κ1) is 18.9. The van der Waals surface area contributed by atoms with Crippen molar-refractivity contribution in [3.8, 4) is 0 Å². The lowest BCUT2D eigenvalue weighted by atomic mass is 9.80. The first-order chi connectivity index (χ1) is 11.4. The molecular weight excluding hydrogens is 308 g/mol. The highest BCUT2D eigenvalue weighted by atomic mass is 16.5. The number of Topliss-reactive ketones (excluding diaryl/α,β-unsaturated/α-hetero) is 1. The number of nitrogens with zero attached hydrogens (tertiary/aromatic N) is 1. The highest BCUT2D eigenvalue weighted by molar-refractivity contribution is 6.12. The first-order valence-electron chi connectivity index (χ1n) is 9.23. The van der Waals surface area contributed by atoms with Crippen LogP contribution in [-0.4, -0.2) is 47.3 Å². The molecule has 2 rings (SSSR count). The lowest BCUT2D eigenvalue weighted by Gasteiger charge is -2.37. The molecule has 2 fully saturated rings. The molecular formula is C18H30N2O4. The third kappa shape index (κ3) is 3.48. The molecule has 136 valence electrons.